The largest absolute Gasteiger partial charge is 0.490 e. The van der Waals surface area contributed by atoms with Crippen LogP contribution >= 0.6 is 11.6 Å². The van der Waals surface area contributed by atoms with Crippen molar-refractivity contribution in [3.8, 4) is 16.9 Å². The van der Waals surface area contributed by atoms with Crippen LogP contribution in [0.3, 0.4) is 0 Å². The molecular formula is C22H20ClF2NO4. The Bertz CT molecular complexity index is 1050. The third kappa shape index (κ3) is 4.67. The Morgan fingerprint density at radius 3 is 2.53 bits per heavy atom. The zero-order valence-electron chi connectivity index (χ0n) is 16.0. The minimum atomic E-state index is -2.57. The van der Waals surface area contributed by atoms with E-state index in [2.05, 4.69) is 5.32 Å². The fourth-order valence-corrected chi connectivity index (χ4v) is 3.90. The molecule has 3 aromatic rings. The average Bonchev–Trinajstić information content (AvgIpc) is 3.12. The first-order valence-electron chi connectivity index (χ1n) is 9.63. The number of hydrogen-bond acceptors (Lipinski definition) is 3. The second-order valence-corrected chi connectivity index (χ2v) is 7.85. The zero-order valence-corrected chi connectivity index (χ0v) is 16.7. The third-order valence-corrected chi connectivity index (χ3v) is 5.47. The van der Waals surface area contributed by atoms with Gasteiger partial charge in [0.05, 0.1) is 17.7 Å². The summed E-state index contributed by atoms with van der Waals surface area (Å²) in [4.78, 5) is 10.7. The number of halogens is 3. The molecule has 158 valence electrons. The van der Waals surface area contributed by atoms with E-state index in [1.54, 1.807) is 12.1 Å². The fraction of sp³-hybridized carbons (Fsp3) is 0.318. The van der Waals surface area contributed by atoms with Crippen molar-refractivity contribution in [2.75, 3.05) is 0 Å². The summed E-state index contributed by atoms with van der Waals surface area (Å²) in [6.45, 7) is 0.0504. The molecular weight excluding hydrogens is 416 g/mol. The summed E-state index contributed by atoms with van der Waals surface area (Å²) in [5.41, 5.74) is 2.28. The van der Waals surface area contributed by atoms with E-state index in [0.29, 0.717) is 35.0 Å². The Labute approximate surface area is 176 Å². The van der Waals surface area contributed by atoms with Gasteiger partial charge in [0, 0.05) is 18.2 Å². The lowest BCUT2D eigenvalue weighted by Crippen LogP contribution is -2.30. The number of furan rings is 1. The molecule has 0 bridgehead atoms. The second kappa shape index (κ2) is 8.14. The Morgan fingerprint density at radius 2 is 1.87 bits per heavy atom. The van der Waals surface area contributed by atoms with Crippen molar-refractivity contribution in [2.45, 2.75) is 44.3 Å². The van der Waals surface area contributed by atoms with Crippen molar-refractivity contribution in [2.24, 2.45) is 0 Å². The van der Waals surface area contributed by atoms with Crippen molar-refractivity contribution in [3.05, 3.63) is 53.2 Å². The standard InChI is InChI=1S/C22H20ClF2NO4/c23-19-11-14(9-15-10-18(30-20(15)19)12-26-21(27)28)13-1-3-16(4-2-13)29-17-5-7-22(24,25)8-6-17/h1-4,9-11,17,26H,5-8,12H2,(H,27,28). The topological polar surface area (TPSA) is 71.7 Å². The molecule has 1 saturated carbocycles. The highest BCUT2D eigenvalue weighted by Crippen LogP contribution is 2.36. The van der Waals surface area contributed by atoms with Gasteiger partial charge in [-0.1, -0.05) is 23.7 Å². The number of hydrogen-bond donors (Lipinski definition) is 2. The van der Waals surface area contributed by atoms with Crippen LogP contribution in [0.4, 0.5) is 13.6 Å². The maximum absolute atomic E-state index is 13.3. The molecule has 1 fully saturated rings. The molecule has 2 N–H and O–H groups in total. The van der Waals surface area contributed by atoms with Gasteiger partial charge in [-0.25, -0.2) is 13.6 Å². The predicted molar refractivity (Wildman–Crippen MR) is 109 cm³/mol. The van der Waals surface area contributed by atoms with Gasteiger partial charge in [-0.05, 0) is 54.3 Å². The lowest BCUT2D eigenvalue weighted by molar-refractivity contribution is -0.0582. The number of carbonyl (C=O) groups is 1. The monoisotopic (exact) mass is 435 g/mol. The molecule has 1 amide bonds. The summed E-state index contributed by atoms with van der Waals surface area (Å²) < 4.78 is 38.0. The summed E-state index contributed by atoms with van der Waals surface area (Å²) in [5, 5.41) is 12.2. The number of rotatable bonds is 5. The molecule has 30 heavy (non-hydrogen) atoms. The van der Waals surface area contributed by atoms with Crippen LogP contribution in [0.25, 0.3) is 22.1 Å². The quantitative estimate of drug-likeness (QED) is 0.481. The zero-order chi connectivity index (χ0) is 21.3. The Kier molecular flexibility index (Phi) is 5.56. The summed E-state index contributed by atoms with van der Waals surface area (Å²) in [6, 6.07) is 12.8. The van der Waals surface area contributed by atoms with E-state index >= 15 is 0 Å². The highest BCUT2D eigenvalue weighted by molar-refractivity contribution is 6.35. The SMILES string of the molecule is O=C(O)NCc1cc2cc(-c3ccc(OC4CCC(F)(F)CC4)cc3)cc(Cl)c2o1. The number of carboxylic acid groups (broad SMARTS) is 1. The number of benzene rings is 2. The maximum atomic E-state index is 13.3. The normalized spacial score (nSPS) is 16.5. The highest BCUT2D eigenvalue weighted by atomic mass is 35.5. The molecule has 1 heterocycles. The first-order valence-corrected chi connectivity index (χ1v) is 10.0. The first-order chi connectivity index (χ1) is 14.3. The fourth-order valence-electron chi connectivity index (χ4n) is 3.63. The van der Waals surface area contributed by atoms with Crippen LogP contribution in [0, 0.1) is 0 Å². The molecule has 8 heteroatoms. The number of amides is 1. The first kappa shape index (κ1) is 20.5. The summed E-state index contributed by atoms with van der Waals surface area (Å²) in [6.07, 6.45) is -0.899. The van der Waals surface area contributed by atoms with Crippen LogP contribution in [0.15, 0.2) is 46.9 Å². The Hall–Kier alpha value is -2.80. The van der Waals surface area contributed by atoms with Gasteiger partial charge in [-0.2, -0.15) is 0 Å². The van der Waals surface area contributed by atoms with Gasteiger partial charge in [0.25, 0.3) is 0 Å². The van der Waals surface area contributed by atoms with Crippen molar-refractivity contribution in [1.29, 1.82) is 0 Å². The van der Waals surface area contributed by atoms with E-state index in [0.717, 1.165) is 16.5 Å². The van der Waals surface area contributed by atoms with E-state index in [1.165, 1.54) is 0 Å². The predicted octanol–water partition coefficient (Wildman–Crippen LogP) is 6.48. The average molecular weight is 436 g/mol. The van der Waals surface area contributed by atoms with Gasteiger partial charge >= 0.3 is 6.09 Å². The Balaban J connectivity index is 1.49. The molecule has 0 saturated heterocycles. The Morgan fingerprint density at radius 1 is 1.17 bits per heavy atom. The number of alkyl halides is 2. The van der Waals surface area contributed by atoms with Crippen LogP contribution in [-0.2, 0) is 6.54 Å². The molecule has 1 aromatic heterocycles. The second-order valence-electron chi connectivity index (χ2n) is 7.45. The molecule has 2 aromatic carbocycles. The van der Waals surface area contributed by atoms with E-state index in [9.17, 15) is 13.6 Å². The molecule has 1 aliphatic rings. The molecule has 0 aliphatic heterocycles. The minimum Gasteiger partial charge on any atom is -0.490 e. The van der Waals surface area contributed by atoms with E-state index < -0.39 is 12.0 Å². The lowest BCUT2D eigenvalue weighted by Gasteiger charge is -2.28. The number of fused-ring (bicyclic) bond motifs is 1. The summed E-state index contributed by atoms with van der Waals surface area (Å²) >= 11 is 6.35. The van der Waals surface area contributed by atoms with Gasteiger partial charge in [0.2, 0.25) is 5.92 Å². The van der Waals surface area contributed by atoms with Crippen LogP contribution in [-0.4, -0.2) is 23.2 Å². The van der Waals surface area contributed by atoms with Gasteiger partial charge in [0.15, 0.2) is 5.58 Å². The van der Waals surface area contributed by atoms with Crippen molar-refractivity contribution in [1.82, 2.24) is 5.32 Å². The highest BCUT2D eigenvalue weighted by Gasteiger charge is 2.35. The van der Waals surface area contributed by atoms with Gasteiger partial charge in [-0.15, -0.1) is 0 Å². The van der Waals surface area contributed by atoms with Crippen molar-refractivity contribution in [3.63, 3.8) is 0 Å². The molecule has 4 rings (SSSR count). The van der Waals surface area contributed by atoms with E-state index in [1.807, 2.05) is 30.3 Å². The number of ether oxygens (including phenoxy) is 1. The summed E-state index contributed by atoms with van der Waals surface area (Å²) in [7, 11) is 0. The minimum absolute atomic E-state index is 0.0504. The molecule has 1 aliphatic carbocycles. The molecule has 0 radical (unpaired) electrons. The summed E-state index contributed by atoms with van der Waals surface area (Å²) in [5.74, 6) is -1.46. The van der Waals surface area contributed by atoms with Crippen molar-refractivity contribution < 1.29 is 27.8 Å². The smallest absolute Gasteiger partial charge is 0.405 e. The van der Waals surface area contributed by atoms with Gasteiger partial charge in [-0.3, -0.25) is 0 Å². The maximum Gasteiger partial charge on any atom is 0.405 e. The van der Waals surface area contributed by atoms with E-state index in [4.69, 9.17) is 25.9 Å². The molecule has 5 nitrogen and oxygen atoms in total. The molecule has 0 atom stereocenters. The lowest BCUT2D eigenvalue weighted by atomic mass is 9.94. The van der Waals surface area contributed by atoms with Gasteiger partial charge < -0.3 is 19.6 Å². The van der Waals surface area contributed by atoms with Crippen LogP contribution in [0.5, 0.6) is 5.75 Å². The van der Waals surface area contributed by atoms with Crippen LogP contribution < -0.4 is 10.1 Å². The molecule has 0 unspecified atom stereocenters. The molecule has 0 spiro atoms. The van der Waals surface area contributed by atoms with Gasteiger partial charge in [0.1, 0.15) is 11.5 Å². The van der Waals surface area contributed by atoms with E-state index in [-0.39, 0.29) is 25.5 Å². The van der Waals surface area contributed by atoms with Crippen LogP contribution in [0.2, 0.25) is 5.02 Å². The van der Waals surface area contributed by atoms with Crippen molar-refractivity contribution >= 4 is 28.7 Å². The number of nitrogens with one attached hydrogen (secondary N) is 1. The van der Waals surface area contributed by atoms with Crippen LogP contribution in [0.1, 0.15) is 31.4 Å². The third-order valence-electron chi connectivity index (χ3n) is 5.19.